The van der Waals surface area contributed by atoms with E-state index in [0.717, 1.165) is 12.0 Å². The number of hydrogen-bond donors (Lipinski definition) is 1. The molecule has 1 N–H and O–H groups in total. The molecule has 1 aromatic carbocycles. The van der Waals surface area contributed by atoms with Crippen molar-refractivity contribution in [1.82, 2.24) is 0 Å². The zero-order valence-corrected chi connectivity index (χ0v) is 14.4. The average molecular weight is 296 g/mol. The lowest BCUT2D eigenvalue weighted by molar-refractivity contribution is 0.110. The first-order valence-electron chi connectivity index (χ1n) is 8.30. The third-order valence-corrected chi connectivity index (χ3v) is 4.80. The van der Waals surface area contributed by atoms with E-state index in [2.05, 4.69) is 32.6 Å². The first-order chi connectivity index (χ1) is 10.3. The minimum absolute atomic E-state index is 0.269. The van der Waals surface area contributed by atoms with Crippen LogP contribution in [0.15, 0.2) is 41.5 Å². The van der Waals surface area contributed by atoms with Gasteiger partial charge in [0.05, 0.1) is 0 Å². The van der Waals surface area contributed by atoms with Gasteiger partial charge in [0.15, 0.2) is 0 Å². The molecular formula is C21H28O. The second-order valence-electron chi connectivity index (χ2n) is 7.39. The third-order valence-electron chi connectivity index (χ3n) is 4.80. The predicted octanol–water partition coefficient (Wildman–Crippen LogP) is 5.10. The molecule has 22 heavy (non-hydrogen) atoms. The first kappa shape index (κ1) is 16.8. The van der Waals surface area contributed by atoms with Crippen LogP contribution in [-0.2, 0) is 0 Å². The van der Waals surface area contributed by atoms with Crippen LogP contribution in [0.5, 0.6) is 0 Å². The number of rotatable bonds is 3. The second kappa shape index (κ2) is 6.71. The second-order valence-corrected chi connectivity index (χ2v) is 7.39. The maximum atomic E-state index is 10.6. The summed E-state index contributed by atoms with van der Waals surface area (Å²) in [5, 5.41) is 10.6. The zero-order valence-electron chi connectivity index (χ0n) is 14.4. The van der Waals surface area contributed by atoms with E-state index in [1.54, 1.807) is 0 Å². The maximum absolute atomic E-state index is 10.6. The number of benzene rings is 1. The standard InChI is InChI=1S/C21H28O/c1-17-9-8-14-20(2,3)19(17)13-16-21(4,22)15-12-18-10-6-5-7-11-18/h5-7,10-11,22H,8-9,13-14,16H2,1-4H3. The quantitative estimate of drug-likeness (QED) is 0.608. The van der Waals surface area contributed by atoms with Crippen molar-refractivity contribution in [2.24, 2.45) is 5.41 Å². The highest BCUT2D eigenvalue weighted by Gasteiger charge is 2.29. The molecule has 0 aliphatic heterocycles. The highest BCUT2D eigenvalue weighted by Crippen LogP contribution is 2.42. The summed E-state index contributed by atoms with van der Waals surface area (Å²) in [4.78, 5) is 0. The van der Waals surface area contributed by atoms with Gasteiger partial charge in [0.2, 0.25) is 0 Å². The van der Waals surface area contributed by atoms with E-state index in [4.69, 9.17) is 0 Å². The Bertz CT molecular complexity index is 594. The summed E-state index contributed by atoms with van der Waals surface area (Å²) in [5.41, 5.74) is 3.34. The molecule has 118 valence electrons. The molecule has 1 nitrogen and oxygen atoms in total. The summed E-state index contributed by atoms with van der Waals surface area (Å²) in [5.74, 6) is 6.13. The Labute approximate surface area is 135 Å². The van der Waals surface area contributed by atoms with Gasteiger partial charge in [-0.25, -0.2) is 0 Å². The van der Waals surface area contributed by atoms with E-state index in [1.807, 2.05) is 37.3 Å². The summed E-state index contributed by atoms with van der Waals surface area (Å²) in [6.45, 7) is 8.74. The van der Waals surface area contributed by atoms with Crippen LogP contribution in [0.4, 0.5) is 0 Å². The minimum atomic E-state index is -0.934. The lowest BCUT2D eigenvalue weighted by Gasteiger charge is -2.35. The van der Waals surface area contributed by atoms with Gasteiger partial charge in [0.1, 0.15) is 5.60 Å². The summed E-state index contributed by atoms with van der Waals surface area (Å²) < 4.78 is 0. The van der Waals surface area contributed by atoms with Crippen molar-refractivity contribution in [2.75, 3.05) is 0 Å². The van der Waals surface area contributed by atoms with Crippen LogP contribution in [0.3, 0.4) is 0 Å². The summed E-state index contributed by atoms with van der Waals surface area (Å²) in [7, 11) is 0. The van der Waals surface area contributed by atoms with Crippen molar-refractivity contribution in [3.8, 4) is 11.8 Å². The van der Waals surface area contributed by atoms with Gasteiger partial charge >= 0.3 is 0 Å². The van der Waals surface area contributed by atoms with Crippen molar-refractivity contribution in [3.63, 3.8) is 0 Å². The number of aliphatic hydroxyl groups is 1. The number of hydrogen-bond acceptors (Lipinski definition) is 1. The van der Waals surface area contributed by atoms with E-state index >= 15 is 0 Å². The summed E-state index contributed by atoms with van der Waals surface area (Å²) >= 11 is 0. The van der Waals surface area contributed by atoms with Crippen LogP contribution < -0.4 is 0 Å². The van der Waals surface area contributed by atoms with Gasteiger partial charge in [-0.3, -0.25) is 0 Å². The lowest BCUT2D eigenvalue weighted by atomic mass is 9.70. The fraction of sp³-hybridized carbons (Fsp3) is 0.524. The van der Waals surface area contributed by atoms with Gasteiger partial charge in [-0.15, -0.1) is 0 Å². The minimum Gasteiger partial charge on any atom is -0.378 e. The van der Waals surface area contributed by atoms with Gasteiger partial charge in [0, 0.05) is 5.56 Å². The molecule has 0 amide bonds. The van der Waals surface area contributed by atoms with Crippen LogP contribution in [0.25, 0.3) is 0 Å². The van der Waals surface area contributed by atoms with Crippen molar-refractivity contribution in [3.05, 3.63) is 47.0 Å². The van der Waals surface area contributed by atoms with Gasteiger partial charge < -0.3 is 5.11 Å². The maximum Gasteiger partial charge on any atom is 0.123 e. The Kier molecular flexibility index (Phi) is 5.14. The normalized spacial score (nSPS) is 20.0. The van der Waals surface area contributed by atoms with Crippen molar-refractivity contribution < 1.29 is 5.11 Å². The monoisotopic (exact) mass is 296 g/mol. The van der Waals surface area contributed by atoms with E-state index in [9.17, 15) is 5.11 Å². The van der Waals surface area contributed by atoms with E-state index in [-0.39, 0.29) is 5.41 Å². The molecule has 1 unspecified atom stereocenters. The number of allylic oxidation sites excluding steroid dienone is 2. The Balaban J connectivity index is 2.05. The molecule has 0 fully saturated rings. The van der Waals surface area contributed by atoms with Gasteiger partial charge in [0.25, 0.3) is 0 Å². The first-order valence-corrected chi connectivity index (χ1v) is 8.30. The molecule has 0 bridgehead atoms. The van der Waals surface area contributed by atoms with Gasteiger partial charge in [-0.1, -0.05) is 55.0 Å². The summed E-state index contributed by atoms with van der Waals surface area (Å²) in [6, 6.07) is 9.86. The topological polar surface area (TPSA) is 20.2 Å². The SMILES string of the molecule is CC1=C(CCC(C)(O)C#Cc2ccccc2)C(C)(C)CCC1. The third kappa shape index (κ3) is 4.49. The molecule has 0 heterocycles. The molecule has 1 aromatic rings. The molecule has 0 radical (unpaired) electrons. The van der Waals surface area contributed by atoms with Crippen LogP contribution >= 0.6 is 0 Å². The Morgan fingerprint density at radius 2 is 1.91 bits per heavy atom. The van der Waals surface area contributed by atoms with Crippen molar-refractivity contribution in [2.45, 2.75) is 65.4 Å². The van der Waals surface area contributed by atoms with E-state index in [1.165, 1.54) is 30.4 Å². The Morgan fingerprint density at radius 3 is 2.55 bits per heavy atom. The Hall–Kier alpha value is -1.52. The van der Waals surface area contributed by atoms with Crippen molar-refractivity contribution in [1.29, 1.82) is 0 Å². The molecule has 0 aromatic heterocycles. The molecule has 0 saturated carbocycles. The molecule has 0 spiro atoms. The van der Waals surface area contributed by atoms with Crippen LogP contribution in [0.1, 0.15) is 65.4 Å². The Morgan fingerprint density at radius 1 is 1.23 bits per heavy atom. The molecule has 1 atom stereocenters. The smallest absolute Gasteiger partial charge is 0.123 e. The predicted molar refractivity (Wildman–Crippen MR) is 93.5 cm³/mol. The molecular weight excluding hydrogens is 268 g/mol. The average Bonchev–Trinajstić information content (AvgIpc) is 2.45. The molecule has 1 aliphatic carbocycles. The van der Waals surface area contributed by atoms with Gasteiger partial charge in [-0.2, -0.15) is 0 Å². The van der Waals surface area contributed by atoms with E-state index < -0.39 is 5.60 Å². The van der Waals surface area contributed by atoms with Crippen molar-refractivity contribution >= 4 is 0 Å². The van der Waals surface area contributed by atoms with Crippen LogP contribution in [-0.4, -0.2) is 10.7 Å². The molecule has 0 saturated heterocycles. The lowest BCUT2D eigenvalue weighted by Crippen LogP contribution is -2.26. The summed E-state index contributed by atoms with van der Waals surface area (Å²) in [6.07, 6.45) is 5.37. The fourth-order valence-electron chi connectivity index (χ4n) is 3.39. The van der Waals surface area contributed by atoms with E-state index in [0.29, 0.717) is 6.42 Å². The molecule has 1 aliphatic rings. The van der Waals surface area contributed by atoms with Crippen LogP contribution in [0.2, 0.25) is 0 Å². The highest BCUT2D eigenvalue weighted by molar-refractivity contribution is 5.36. The zero-order chi connectivity index (χ0) is 16.2. The molecule has 1 heteroatoms. The highest BCUT2D eigenvalue weighted by atomic mass is 16.3. The fourth-order valence-corrected chi connectivity index (χ4v) is 3.39. The van der Waals surface area contributed by atoms with Gasteiger partial charge in [-0.05, 0) is 63.5 Å². The largest absolute Gasteiger partial charge is 0.378 e. The van der Waals surface area contributed by atoms with Crippen LogP contribution in [0, 0.1) is 17.3 Å². The molecule has 2 rings (SSSR count).